The van der Waals surface area contributed by atoms with Crippen molar-refractivity contribution >= 4 is 23.4 Å². The van der Waals surface area contributed by atoms with Gasteiger partial charge in [-0.2, -0.15) is 0 Å². The van der Waals surface area contributed by atoms with E-state index in [4.69, 9.17) is 0 Å². The number of carbonyl (C=O) groups excluding carboxylic acids is 1. The summed E-state index contributed by atoms with van der Waals surface area (Å²) in [5, 5.41) is 11.5. The summed E-state index contributed by atoms with van der Waals surface area (Å²) in [5.41, 5.74) is 0.417. The maximum absolute atomic E-state index is 11.6. The van der Waals surface area contributed by atoms with Gasteiger partial charge in [0.25, 0.3) is 5.69 Å². The molecule has 0 bridgehead atoms. The number of ether oxygens (including phenoxy) is 1. The van der Waals surface area contributed by atoms with Crippen LogP contribution in [0.15, 0.2) is 23.1 Å². The zero-order valence-corrected chi connectivity index (χ0v) is 13.0. The molecule has 114 valence electrons. The Kier molecular flexibility index (Phi) is 5.22. The predicted octanol–water partition coefficient (Wildman–Crippen LogP) is 4.05. The third-order valence-electron chi connectivity index (χ3n) is 3.76. The molecule has 2 unspecified atom stereocenters. The highest BCUT2D eigenvalue weighted by molar-refractivity contribution is 8.00. The second kappa shape index (κ2) is 6.93. The van der Waals surface area contributed by atoms with Crippen LogP contribution in [0.5, 0.6) is 0 Å². The highest BCUT2D eigenvalue weighted by atomic mass is 32.2. The first-order valence-electron chi connectivity index (χ1n) is 7.04. The average molecular weight is 309 g/mol. The second-order valence-electron chi connectivity index (χ2n) is 5.44. The first-order valence-corrected chi connectivity index (χ1v) is 7.92. The molecule has 2 rings (SSSR count). The molecule has 1 aromatic rings. The van der Waals surface area contributed by atoms with Crippen molar-refractivity contribution < 1.29 is 14.5 Å². The van der Waals surface area contributed by atoms with Crippen LogP contribution < -0.4 is 0 Å². The van der Waals surface area contributed by atoms with Gasteiger partial charge in [-0.1, -0.05) is 19.8 Å². The van der Waals surface area contributed by atoms with E-state index in [0.717, 1.165) is 19.3 Å². The van der Waals surface area contributed by atoms with Crippen LogP contribution >= 0.6 is 11.8 Å². The van der Waals surface area contributed by atoms with E-state index in [9.17, 15) is 14.9 Å². The number of rotatable bonds is 4. The number of nitrogens with zero attached hydrogens (tertiary/aromatic N) is 1. The first-order chi connectivity index (χ1) is 10.0. The number of nitro benzene ring substituents is 1. The fraction of sp³-hybridized carbons (Fsp3) is 0.533. The fourth-order valence-corrected chi connectivity index (χ4v) is 4.20. The molecular weight excluding hydrogens is 290 g/mol. The number of methoxy groups -OCH3 is 1. The van der Waals surface area contributed by atoms with E-state index in [1.165, 1.54) is 37.4 Å². The standard InChI is InChI=1S/C15H19NO4S/c1-10-4-3-5-12(8-10)21-14-9-11(15(17)20-2)6-7-13(14)16(18)19/h6-7,9-10,12H,3-5,8H2,1-2H3. The van der Waals surface area contributed by atoms with E-state index in [1.54, 1.807) is 6.07 Å². The largest absolute Gasteiger partial charge is 0.465 e. The van der Waals surface area contributed by atoms with Gasteiger partial charge in [0.1, 0.15) is 0 Å². The summed E-state index contributed by atoms with van der Waals surface area (Å²) in [6.07, 6.45) is 4.50. The van der Waals surface area contributed by atoms with E-state index >= 15 is 0 Å². The Morgan fingerprint density at radius 1 is 1.43 bits per heavy atom. The van der Waals surface area contributed by atoms with Crippen molar-refractivity contribution in [2.24, 2.45) is 5.92 Å². The van der Waals surface area contributed by atoms with Crippen LogP contribution in [0.4, 0.5) is 5.69 Å². The lowest BCUT2D eigenvalue weighted by Gasteiger charge is -2.26. The van der Waals surface area contributed by atoms with Gasteiger partial charge in [0, 0.05) is 11.3 Å². The molecule has 1 aliphatic carbocycles. The van der Waals surface area contributed by atoms with Crippen LogP contribution in [0.3, 0.4) is 0 Å². The SMILES string of the molecule is COC(=O)c1ccc([N+](=O)[O-])c(SC2CCCC(C)C2)c1. The molecule has 6 heteroatoms. The van der Waals surface area contributed by atoms with E-state index in [-0.39, 0.29) is 5.69 Å². The molecule has 0 aliphatic heterocycles. The minimum absolute atomic E-state index is 0.0610. The van der Waals surface area contributed by atoms with Crippen molar-refractivity contribution in [2.75, 3.05) is 7.11 Å². The Morgan fingerprint density at radius 2 is 2.19 bits per heavy atom. The van der Waals surface area contributed by atoms with Gasteiger partial charge in [-0.25, -0.2) is 4.79 Å². The summed E-state index contributed by atoms with van der Waals surface area (Å²) in [7, 11) is 1.30. The Labute approximate surface area is 128 Å². The number of hydrogen-bond donors (Lipinski definition) is 0. The quantitative estimate of drug-likeness (QED) is 0.476. The molecule has 0 heterocycles. The summed E-state index contributed by atoms with van der Waals surface area (Å²) in [6.45, 7) is 2.21. The van der Waals surface area contributed by atoms with Gasteiger partial charge in [-0.3, -0.25) is 10.1 Å². The van der Waals surface area contributed by atoms with Crippen LogP contribution in [0.1, 0.15) is 43.0 Å². The Morgan fingerprint density at radius 3 is 2.81 bits per heavy atom. The van der Waals surface area contributed by atoms with E-state index in [2.05, 4.69) is 11.7 Å². The topological polar surface area (TPSA) is 69.4 Å². The van der Waals surface area contributed by atoms with Gasteiger partial charge in [-0.05, 0) is 30.9 Å². The molecular formula is C15H19NO4S. The first kappa shape index (κ1) is 15.8. The maximum atomic E-state index is 11.6. The molecule has 1 saturated carbocycles. The Hall–Kier alpha value is -1.56. The highest BCUT2D eigenvalue weighted by Crippen LogP contribution is 2.40. The molecule has 0 aromatic heterocycles. The summed E-state index contributed by atoms with van der Waals surface area (Å²) < 4.78 is 4.68. The van der Waals surface area contributed by atoms with E-state index in [1.807, 2.05) is 0 Å². The molecule has 0 radical (unpaired) electrons. The van der Waals surface area contributed by atoms with Gasteiger partial charge in [0.15, 0.2) is 0 Å². The van der Waals surface area contributed by atoms with Crippen LogP contribution in [0.2, 0.25) is 0 Å². The van der Waals surface area contributed by atoms with Gasteiger partial charge in [0.05, 0.1) is 22.5 Å². The number of nitro groups is 1. The normalized spacial score (nSPS) is 21.8. The number of carbonyl (C=O) groups is 1. The van der Waals surface area contributed by atoms with Crippen molar-refractivity contribution in [2.45, 2.75) is 42.8 Å². The van der Waals surface area contributed by atoms with Crippen LogP contribution in [0.25, 0.3) is 0 Å². The molecule has 5 nitrogen and oxygen atoms in total. The summed E-state index contributed by atoms with van der Waals surface area (Å²) in [6, 6.07) is 4.41. The molecule has 21 heavy (non-hydrogen) atoms. The third-order valence-corrected chi connectivity index (χ3v) is 5.10. The minimum Gasteiger partial charge on any atom is -0.465 e. The lowest BCUT2D eigenvalue weighted by Crippen LogP contribution is -2.15. The Bertz CT molecular complexity index is 546. The minimum atomic E-state index is -0.469. The second-order valence-corrected chi connectivity index (χ2v) is 6.79. The number of esters is 1. The number of hydrogen-bond acceptors (Lipinski definition) is 5. The van der Waals surface area contributed by atoms with Crippen molar-refractivity contribution in [3.63, 3.8) is 0 Å². The van der Waals surface area contributed by atoms with Gasteiger partial charge in [0.2, 0.25) is 0 Å². The fourth-order valence-electron chi connectivity index (χ4n) is 2.67. The zero-order chi connectivity index (χ0) is 15.4. The molecule has 1 fully saturated rings. The Balaban J connectivity index is 2.25. The van der Waals surface area contributed by atoms with Crippen LogP contribution in [-0.4, -0.2) is 23.3 Å². The maximum Gasteiger partial charge on any atom is 0.337 e. The summed E-state index contributed by atoms with van der Waals surface area (Å²) >= 11 is 1.52. The van der Waals surface area contributed by atoms with Crippen molar-refractivity contribution in [1.29, 1.82) is 0 Å². The number of benzene rings is 1. The molecule has 1 aromatic carbocycles. The monoisotopic (exact) mass is 309 g/mol. The molecule has 0 N–H and O–H groups in total. The molecule has 2 atom stereocenters. The molecule has 0 amide bonds. The van der Waals surface area contributed by atoms with E-state index < -0.39 is 10.9 Å². The summed E-state index contributed by atoms with van der Waals surface area (Å²) in [4.78, 5) is 22.9. The average Bonchev–Trinajstić information content (AvgIpc) is 2.46. The van der Waals surface area contributed by atoms with Crippen LogP contribution in [-0.2, 0) is 4.74 Å². The van der Waals surface area contributed by atoms with Crippen molar-refractivity contribution in [1.82, 2.24) is 0 Å². The molecule has 0 spiro atoms. The lowest BCUT2D eigenvalue weighted by molar-refractivity contribution is -0.387. The molecule has 1 aliphatic rings. The number of thioether (sulfide) groups is 1. The van der Waals surface area contributed by atoms with Crippen molar-refractivity contribution in [3.8, 4) is 0 Å². The van der Waals surface area contributed by atoms with E-state index in [0.29, 0.717) is 21.6 Å². The highest BCUT2D eigenvalue weighted by Gasteiger charge is 2.24. The smallest absolute Gasteiger partial charge is 0.337 e. The lowest BCUT2D eigenvalue weighted by atomic mass is 9.91. The van der Waals surface area contributed by atoms with Gasteiger partial charge < -0.3 is 4.74 Å². The molecule has 0 saturated heterocycles. The third kappa shape index (κ3) is 3.97. The summed E-state index contributed by atoms with van der Waals surface area (Å²) in [5.74, 6) is 0.183. The zero-order valence-electron chi connectivity index (χ0n) is 12.2. The van der Waals surface area contributed by atoms with Crippen molar-refractivity contribution in [3.05, 3.63) is 33.9 Å². The predicted molar refractivity (Wildman–Crippen MR) is 81.7 cm³/mol. The van der Waals surface area contributed by atoms with Gasteiger partial charge >= 0.3 is 5.97 Å². The van der Waals surface area contributed by atoms with Gasteiger partial charge in [-0.15, -0.1) is 11.8 Å². The van der Waals surface area contributed by atoms with Crippen LogP contribution in [0, 0.1) is 16.0 Å².